The predicted octanol–water partition coefficient (Wildman–Crippen LogP) is 0.586. The predicted molar refractivity (Wildman–Crippen MR) is 105 cm³/mol. The van der Waals surface area contributed by atoms with Crippen LogP contribution in [0.3, 0.4) is 0 Å². The Kier molecular flexibility index (Phi) is 6.76. The van der Waals surface area contributed by atoms with E-state index in [0.29, 0.717) is 32.7 Å². The fourth-order valence-electron chi connectivity index (χ4n) is 3.47. The summed E-state index contributed by atoms with van der Waals surface area (Å²) >= 11 is 0. The van der Waals surface area contributed by atoms with Crippen LogP contribution in [0.2, 0.25) is 0 Å². The molecule has 2 saturated heterocycles. The minimum Gasteiger partial charge on any atom is -0.493 e. The van der Waals surface area contributed by atoms with Gasteiger partial charge in [-0.3, -0.25) is 9.59 Å². The van der Waals surface area contributed by atoms with Crippen molar-refractivity contribution in [3.05, 3.63) is 23.8 Å². The molecule has 10 heteroatoms. The third kappa shape index (κ3) is 4.71. The molecule has 0 radical (unpaired) electrons. The van der Waals surface area contributed by atoms with Gasteiger partial charge in [-0.2, -0.15) is 4.31 Å². The van der Waals surface area contributed by atoms with Gasteiger partial charge in [0.25, 0.3) is 11.8 Å². The van der Waals surface area contributed by atoms with Crippen molar-refractivity contribution in [2.24, 2.45) is 5.73 Å². The molecule has 0 bridgehead atoms. The first-order valence-electron chi connectivity index (χ1n) is 9.81. The van der Waals surface area contributed by atoms with E-state index in [1.807, 2.05) is 6.92 Å². The summed E-state index contributed by atoms with van der Waals surface area (Å²) in [6, 6.07) is 4.13. The fourth-order valence-corrected chi connectivity index (χ4v) is 4.92. The van der Waals surface area contributed by atoms with Gasteiger partial charge in [0.1, 0.15) is 11.9 Å². The second kappa shape index (κ2) is 9.10. The third-order valence-corrected chi connectivity index (χ3v) is 6.97. The molecule has 2 amide bonds. The molecule has 9 nitrogen and oxygen atoms in total. The molecule has 1 aromatic rings. The zero-order valence-corrected chi connectivity index (χ0v) is 17.3. The van der Waals surface area contributed by atoms with Crippen LogP contribution < -0.4 is 10.5 Å². The van der Waals surface area contributed by atoms with Crippen LogP contribution in [0.15, 0.2) is 23.1 Å². The van der Waals surface area contributed by atoms with Gasteiger partial charge < -0.3 is 20.1 Å². The number of carbonyl (C=O) groups is 2. The normalized spacial score (nSPS) is 20.6. The highest BCUT2D eigenvalue weighted by Gasteiger charge is 2.34. The van der Waals surface area contributed by atoms with Gasteiger partial charge in [0.15, 0.2) is 0 Å². The number of nitrogens with two attached hydrogens (primary N) is 1. The number of hydrogen-bond acceptors (Lipinski definition) is 6. The first-order valence-corrected chi connectivity index (χ1v) is 11.3. The first kappa shape index (κ1) is 21.5. The van der Waals surface area contributed by atoms with Crippen molar-refractivity contribution < 1.29 is 27.5 Å². The molecule has 0 aromatic heterocycles. The highest BCUT2D eigenvalue weighted by Crippen LogP contribution is 2.26. The summed E-state index contributed by atoms with van der Waals surface area (Å²) in [5.41, 5.74) is 5.44. The fraction of sp³-hybridized carbons (Fsp3) is 0.579. The van der Waals surface area contributed by atoms with Gasteiger partial charge in [-0.1, -0.05) is 6.92 Å². The summed E-state index contributed by atoms with van der Waals surface area (Å²) in [6.45, 7) is 3.88. The highest BCUT2D eigenvalue weighted by molar-refractivity contribution is 7.89. The Morgan fingerprint density at radius 3 is 2.55 bits per heavy atom. The van der Waals surface area contributed by atoms with Crippen LogP contribution in [0.25, 0.3) is 0 Å². The van der Waals surface area contributed by atoms with Crippen LogP contribution >= 0.6 is 0 Å². The second-order valence-corrected chi connectivity index (χ2v) is 9.04. The molecule has 2 aliphatic rings. The molecule has 29 heavy (non-hydrogen) atoms. The number of carbonyl (C=O) groups excluding carboxylic acids is 2. The lowest BCUT2D eigenvalue weighted by Gasteiger charge is -2.35. The SMILES string of the molecule is CCCOc1ccc(S(=O)(=O)N2CCN(C(=O)C3CCCO3)CC2)cc1C(N)=O. The maximum Gasteiger partial charge on any atom is 0.252 e. The monoisotopic (exact) mass is 425 g/mol. The lowest BCUT2D eigenvalue weighted by molar-refractivity contribution is -0.142. The molecule has 1 atom stereocenters. The molecule has 3 rings (SSSR count). The summed E-state index contributed by atoms with van der Waals surface area (Å²) in [5.74, 6) is -0.557. The number of sulfonamides is 1. The van der Waals surface area contributed by atoms with E-state index in [-0.39, 0.29) is 35.2 Å². The van der Waals surface area contributed by atoms with E-state index >= 15 is 0 Å². The molecule has 0 spiro atoms. The molecule has 2 fully saturated rings. The second-order valence-electron chi connectivity index (χ2n) is 7.10. The van der Waals surface area contributed by atoms with Crippen molar-refractivity contribution in [1.29, 1.82) is 0 Å². The van der Waals surface area contributed by atoms with Gasteiger partial charge in [0.05, 0.1) is 17.1 Å². The van der Waals surface area contributed by atoms with E-state index in [1.54, 1.807) is 4.90 Å². The molecule has 160 valence electrons. The van der Waals surface area contributed by atoms with Crippen LogP contribution in [0, 0.1) is 0 Å². The summed E-state index contributed by atoms with van der Waals surface area (Å²) < 4.78 is 38.3. The van der Waals surface area contributed by atoms with E-state index in [0.717, 1.165) is 12.8 Å². The van der Waals surface area contributed by atoms with Crippen molar-refractivity contribution in [2.75, 3.05) is 39.4 Å². The maximum absolute atomic E-state index is 13.0. The smallest absolute Gasteiger partial charge is 0.252 e. The zero-order chi connectivity index (χ0) is 21.0. The van der Waals surface area contributed by atoms with Gasteiger partial charge >= 0.3 is 0 Å². The molecule has 2 heterocycles. The molecule has 1 unspecified atom stereocenters. The number of nitrogens with zero attached hydrogens (tertiary/aromatic N) is 2. The Balaban J connectivity index is 1.71. The van der Waals surface area contributed by atoms with Gasteiger partial charge in [-0.05, 0) is 37.5 Å². The van der Waals surface area contributed by atoms with Gasteiger partial charge in [0, 0.05) is 32.8 Å². The van der Waals surface area contributed by atoms with Crippen LogP contribution in [0.5, 0.6) is 5.75 Å². The molecule has 2 N–H and O–H groups in total. The average Bonchev–Trinajstić information content (AvgIpc) is 3.26. The van der Waals surface area contributed by atoms with E-state index in [4.69, 9.17) is 15.2 Å². The topological polar surface area (TPSA) is 119 Å². The van der Waals surface area contributed by atoms with Gasteiger partial charge in [-0.15, -0.1) is 0 Å². The Hall–Kier alpha value is -2.17. The van der Waals surface area contributed by atoms with E-state index in [1.165, 1.54) is 22.5 Å². The molecular weight excluding hydrogens is 398 g/mol. The number of rotatable bonds is 7. The largest absolute Gasteiger partial charge is 0.493 e. The summed E-state index contributed by atoms with van der Waals surface area (Å²) in [5, 5.41) is 0. The van der Waals surface area contributed by atoms with Crippen LogP contribution in [-0.2, 0) is 19.6 Å². The number of ether oxygens (including phenoxy) is 2. The quantitative estimate of drug-likeness (QED) is 0.683. The Bertz CT molecular complexity index is 859. The maximum atomic E-state index is 13.0. The van der Waals surface area contributed by atoms with Crippen LogP contribution in [0.1, 0.15) is 36.5 Å². The zero-order valence-electron chi connectivity index (χ0n) is 16.5. The minimum atomic E-state index is -3.82. The summed E-state index contributed by atoms with van der Waals surface area (Å²) in [6.07, 6.45) is 1.91. The first-order chi connectivity index (χ1) is 13.8. The standard InChI is InChI=1S/C19H27N3O6S/c1-2-11-27-16-6-5-14(13-15(16)18(20)23)29(25,26)22-9-7-21(8-10-22)19(24)17-4-3-12-28-17/h5-6,13,17H,2-4,7-12H2,1H3,(H2,20,23). The Morgan fingerprint density at radius 2 is 1.97 bits per heavy atom. The number of benzene rings is 1. The highest BCUT2D eigenvalue weighted by atomic mass is 32.2. The molecule has 0 aliphatic carbocycles. The van der Waals surface area contributed by atoms with Crippen molar-refractivity contribution >= 4 is 21.8 Å². The minimum absolute atomic E-state index is 0.0194. The van der Waals surface area contributed by atoms with Gasteiger partial charge in [-0.25, -0.2) is 8.42 Å². The van der Waals surface area contributed by atoms with E-state index in [9.17, 15) is 18.0 Å². The Labute approximate surface area is 170 Å². The van der Waals surface area contributed by atoms with Crippen LogP contribution in [-0.4, -0.2) is 74.9 Å². The molecule has 1 aromatic carbocycles. The average molecular weight is 426 g/mol. The third-order valence-electron chi connectivity index (χ3n) is 5.07. The van der Waals surface area contributed by atoms with Crippen molar-refractivity contribution in [2.45, 2.75) is 37.2 Å². The summed E-state index contributed by atoms with van der Waals surface area (Å²) in [4.78, 5) is 25.8. The van der Waals surface area contributed by atoms with E-state index in [2.05, 4.69) is 0 Å². The Morgan fingerprint density at radius 1 is 1.24 bits per heavy atom. The number of amides is 2. The lowest BCUT2D eigenvalue weighted by atomic mass is 10.2. The lowest BCUT2D eigenvalue weighted by Crippen LogP contribution is -2.52. The van der Waals surface area contributed by atoms with E-state index < -0.39 is 22.0 Å². The number of piperazine rings is 1. The number of primary amides is 1. The van der Waals surface area contributed by atoms with Crippen LogP contribution in [0.4, 0.5) is 0 Å². The summed E-state index contributed by atoms with van der Waals surface area (Å²) in [7, 11) is -3.82. The molecular formula is C19H27N3O6S. The van der Waals surface area contributed by atoms with Crippen molar-refractivity contribution in [3.63, 3.8) is 0 Å². The van der Waals surface area contributed by atoms with Crippen molar-refractivity contribution in [1.82, 2.24) is 9.21 Å². The number of hydrogen-bond donors (Lipinski definition) is 1. The molecule has 0 saturated carbocycles. The van der Waals surface area contributed by atoms with Gasteiger partial charge in [0.2, 0.25) is 10.0 Å². The van der Waals surface area contributed by atoms with Crippen molar-refractivity contribution in [3.8, 4) is 5.75 Å². The molecule has 2 aliphatic heterocycles.